The summed E-state index contributed by atoms with van der Waals surface area (Å²) in [7, 11) is -4.09. The van der Waals surface area contributed by atoms with E-state index in [1.54, 1.807) is 24.3 Å². The third kappa shape index (κ3) is 4.17. The van der Waals surface area contributed by atoms with E-state index in [1.165, 1.54) is 24.3 Å². The van der Waals surface area contributed by atoms with Gasteiger partial charge < -0.3 is 9.84 Å². The highest BCUT2D eigenvalue weighted by atomic mass is 35.5. The SMILES string of the molecule is O=C(OCn1nnc2ccccc2c1=O)C1CC(O)CN1S(=O)(=O)c1ccc(Cl)cc1. The number of rotatable bonds is 5. The Labute approximate surface area is 181 Å². The van der Waals surface area contributed by atoms with Crippen LogP contribution in [0.1, 0.15) is 6.42 Å². The number of hydrogen-bond acceptors (Lipinski definition) is 8. The first kappa shape index (κ1) is 21.4. The van der Waals surface area contributed by atoms with Crippen LogP contribution in [0.25, 0.3) is 10.9 Å². The zero-order valence-electron chi connectivity index (χ0n) is 16.0. The number of carbonyl (C=O) groups excluding carboxylic acids is 1. The van der Waals surface area contributed by atoms with Crippen molar-refractivity contribution in [2.24, 2.45) is 0 Å². The van der Waals surface area contributed by atoms with Crippen molar-refractivity contribution in [3.8, 4) is 0 Å². The molecule has 1 saturated heterocycles. The Morgan fingerprint density at radius 3 is 2.65 bits per heavy atom. The summed E-state index contributed by atoms with van der Waals surface area (Å²) in [6.45, 7) is -0.808. The summed E-state index contributed by atoms with van der Waals surface area (Å²) in [4.78, 5) is 25.1. The number of β-amino-alcohol motifs (C(OH)–C–C–N with tert-alkyl or cyclic N) is 1. The van der Waals surface area contributed by atoms with Crippen molar-refractivity contribution in [2.45, 2.75) is 30.2 Å². The predicted molar refractivity (Wildman–Crippen MR) is 110 cm³/mol. The minimum atomic E-state index is -4.09. The topological polar surface area (TPSA) is 132 Å². The molecule has 1 N–H and O–H groups in total. The van der Waals surface area contributed by atoms with Crippen LogP contribution in [-0.2, 0) is 26.3 Å². The highest BCUT2D eigenvalue weighted by Crippen LogP contribution is 2.28. The molecule has 3 aromatic rings. The van der Waals surface area contributed by atoms with Gasteiger partial charge in [0.1, 0.15) is 11.6 Å². The molecule has 1 aromatic heterocycles. The van der Waals surface area contributed by atoms with E-state index in [0.29, 0.717) is 15.9 Å². The maximum Gasteiger partial charge on any atom is 0.326 e. The van der Waals surface area contributed by atoms with Crippen LogP contribution in [0, 0.1) is 0 Å². The summed E-state index contributed by atoms with van der Waals surface area (Å²) < 4.78 is 32.8. The normalized spacial score (nSPS) is 19.5. The van der Waals surface area contributed by atoms with Gasteiger partial charge in [0.2, 0.25) is 10.0 Å². The molecule has 2 heterocycles. The molecule has 162 valence electrons. The number of fused-ring (bicyclic) bond motifs is 1. The first-order valence-corrected chi connectivity index (χ1v) is 11.0. The van der Waals surface area contributed by atoms with Crippen molar-refractivity contribution >= 4 is 38.5 Å². The van der Waals surface area contributed by atoms with E-state index in [4.69, 9.17) is 16.3 Å². The molecule has 0 amide bonds. The number of nitrogens with zero attached hydrogens (tertiary/aromatic N) is 4. The average Bonchev–Trinajstić information content (AvgIpc) is 3.16. The average molecular weight is 465 g/mol. The van der Waals surface area contributed by atoms with Crippen molar-refractivity contribution in [1.29, 1.82) is 0 Å². The van der Waals surface area contributed by atoms with Crippen LogP contribution < -0.4 is 5.56 Å². The third-order valence-corrected chi connectivity index (χ3v) is 7.03. The number of sulfonamides is 1. The fraction of sp³-hybridized carbons (Fsp3) is 0.263. The van der Waals surface area contributed by atoms with E-state index in [9.17, 15) is 23.1 Å². The quantitative estimate of drug-likeness (QED) is 0.547. The first-order valence-electron chi connectivity index (χ1n) is 9.22. The van der Waals surface area contributed by atoms with E-state index in [1.807, 2.05) is 0 Å². The molecule has 4 rings (SSSR count). The van der Waals surface area contributed by atoms with Crippen LogP contribution in [0.3, 0.4) is 0 Å². The second-order valence-electron chi connectivity index (χ2n) is 6.94. The zero-order chi connectivity index (χ0) is 22.2. The fourth-order valence-electron chi connectivity index (χ4n) is 3.34. The molecule has 1 fully saturated rings. The smallest absolute Gasteiger partial charge is 0.326 e. The van der Waals surface area contributed by atoms with Crippen LogP contribution in [0.4, 0.5) is 0 Å². The van der Waals surface area contributed by atoms with Crippen molar-refractivity contribution in [2.75, 3.05) is 6.54 Å². The summed E-state index contributed by atoms with van der Waals surface area (Å²) >= 11 is 5.81. The molecular formula is C19H17ClN4O6S. The maximum atomic E-state index is 13.0. The highest BCUT2D eigenvalue weighted by molar-refractivity contribution is 7.89. The second kappa shape index (κ2) is 8.35. The number of esters is 1. The van der Waals surface area contributed by atoms with Gasteiger partial charge in [-0.15, -0.1) is 5.10 Å². The molecule has 0 spiro atoms. The lowest BCUT2D eigenvalue weighted by molar-refractivity contribution is -0.152. The fourth-order valence-corrected chi connectivity index (χ4v) is 5.09. The summed E-state index contributed by atoms with van der Waals surface area (Å²) in [5.74, 6) is -0.907. The van der Waals surface area contributed by atoms with Crippen LogP contribution in [0.15, 0.2) is 58.2 Å². The molecule has 31 heavy (non-hydrogen) atoms. The molecule has 2 aromatic carbocycles. The Balaban J connectivity index is 1.54. The minimum absolute atomic E-state index is 0.0691. The zero-order valence-corrected chi connectivity index (χ0v) is 17.5. The maximum absolute atomic E-state index is 13.0. The summed E-state index contributed by atoms with van der Waals surface area (Å²) in [5.41, 5.74) is -0.107. The molecule has 1 aliphatic rings. The van der Waals surface area contributed by atoms with Crippen molar-refractivity contribution in [1.82, 2.24) is 19.3 Å². The Morgan fingerprint density at radius 1 is 1.19 bits per heavy atom. The summed E-state index contributed by atoms with van der Waals surface area (Å²) in [5, 5.41) is 18.3. The molecule has 12 heteroatoms. The van der Waals surface area contributed by atoms with Gasteiger partial charge in [0.15, 0.2) is 6.73 Å². The molecule has 0 aliphatic carbocycles. The summed E-state index contributed by atoms with van der Waals surface area (Å²) in [6, 6.07) is 10.8. The number of aliphatic hydroxyl groups excluding tert-OH is 1. The molecular weight excluding hydrogens is 448 g/mol. The van der Waals surface area contributed by atoms with E-state index in [-0.39, 0.29) is 17.9 Å². The molecule has 2 atom stereocenters. The number of benzene rings is 2. The van der Waals surface area contributed by atoms with Gasteiger partial charge in [-0.25, -0.2) is 8.42 Å². The van der Waals surface area contributed by atoms with Crippen molar-refractivity contribution in [3.63, 3.8) is 0 Å². The Bertz CT molecular complexity index is 1290. The molecule has 1 aliphatic heterocycles. The van der Waals surface area contributed by atoms with Gasteiger partial charge in [-0.3, -0.25) is 9.59 Å². The van der Waals surface area contributed by atoms with Crippen molar-refractivity contribution < 1.29 is 23.1 Å². The van der Waals surface area contributed by atoms with Gasteiger partial charge in [0.25, 0.3) is 5.56 Å². The Hall–Kier alpha value is -2.86. The molecule has 2 unspecified atom stereocenters. The van der Waals surface area contributed by atoms with Gasteiger partial charge >= 0.3 is 5.97 Å². The van der Waals surface area contributed by atoms with Gasteiger partial charge in [-0.2, -0.15) is 8.99 Å². The lowest BCUT2D eigenvalue weighted by atomic mass is 10.2. The number of carbonyl (C=O) groups is 1. The largest absolute Gasteiger partial charge is 0.441 e. The number of aliphatic hydroxyl groups is 1. The third-order valence-electron chi connectivity index (χ3n) is 4.88. The van der Waals surface area contributed by atoms with Gasteiger partial charge in [-0.1, -0.05) is 28.9 Å². The minimum Gasteiger partial charge on any atom is -0.441 e. The van der Waals surface area contributed by atoms with Crippen LogP contribution in [0.5, 0.6) is 0 Å². The lowest BCUT2D eigenvalue weighted by Gasteiger charge is -2.22. The van der Waals surface area contributed by atoms with Gasteiger partial charge in [0.05, 0.1) is 16.4 Å². The van der Waals surface area contributed by atoms with Crippen LogP contribution in [-0.4, -0.2) is 57.5 Å². The Kier molecular flexibility index (Phi) is 5.75. The van der Waals surface area contributed by atoms with Gasteiger partial charge in [-0.05, 0) is 36.4 Å². The van der Waals surface area contributed by atoms with Gasteiger partial charge in [0, 0.05) is 18.0 Å². The highest BCUT2D eigenvalue weighted by Gasteiger charge is 2.44. The number of aromatic nitrogens is 3. The van der Waals surface area contributed by atoms with E-state index >= 15 is 0 Å². The van der Waals surface area contributed by atoms with E-state index in [2.05, 4.69) is 10.3 Å². The number of hydrogen-bond donors (Lipinski definition) is 1. The first-order chi connectivity index (χ1) is 14.8. The predicted octanol–water partition coefficient (Wildman–Crippen LogP) is 0.770. The molecule has 0 radical (unpaired) electrons. The molecule has 0 saturated carbocycles. The monoisotopic (exact) mass is 464 g/mol. The van der Waals surface area contributed by atoms with E-state index in [0.717, 1.165) is 8.99 Å². The summed E-state index contributed by atoms with van der Waals surface area (Å²) in [6.07, 6.45) is -1.17. The molecule has 10 nitrogen and oxygen atoms in total. The van der Waals surface area contributed by atoms with Crippen LogP contribution in [0.2, 0.25) is 5.02 Å². The van der Waals surface area contributed by atoms with Crippen LogP contribution >= 0.6 is 11.6 Å². The standard InChI is InChI=1S/C19H17ClN4O6S/c20-12-5-7-14(8-6-12)31(28,29)24-10-13(25)9-17(24)19(27)30-11-23-18(26)15-3-1-2-4-16(15)21-22-23/h1-8,13,17,25H,9-11H2. The molecule has 0 bridgehead atoms. The second-order valence-corrected chi connectivity index (χ2v) is 9.26. The number of halogens is 1. The Morgan fingerprint density at radius 2 is 1.90 bits per heavy atom. The van der Waals surface area contributed by atoms with Crippen molar-refractivity contribution in [3.05, 3.63) is 63.9 Å². The lowest BCUT2D eigenvalue weighted by Crippen LogP contribution is -2.42. The number of ether oxygens (including phenoxy) is 1. The van der Waals surface area contributed by atoms with E-state index < -0.39 is 40.4 Å².